The molecule has 0 aliphatic carbocycles. The second-order valence-corrected chi connectivity index (χ2v) is 3.45. The van der Waals surface area contributed by atoms with Crippen molar-refractivity contribution < 1.29 is 9.94 Å². The summed E-state index contributed by atoms with van der Waals surface area (Å²) in [7, 11) is 1.55. The van der Waals surface area contributed by atoms with Crippen molar-refractivity contribution in [2.75, 3.05) is 7.11 Å². The number of hydrogen-bond acceptors (Lipinski definition) is 3. The molecule has 1 rings (SSSR count). The number of oxime groups is 1. The predicted molar refractivity (Wildman–Crippen MR) is 54.9 cm³/mol. The van der Waals surface area contributed by atoms with Crippen molar-refractivity contribution >= 4 is 32.7 Å². The van der Waals surface area contributed by atoms with Crippen LogP contribution in [0.15, 0.2) is 27.8 Å². The van der Waals surface area contributed by atoms with Crippen LogP contribution in [0.3, 0.4) is 0 Å². The standard InChI is InChI=1S/C8H7BrClNO2/c1-13-5-2-3-7(9)6(4-5)8(10)11-12/h2-4,12H,1H3. The van der Waals surface area contributed by atoms with Crippen molar-refractivity contribution in [3.8, 4) is 5.75 Å². The predicted octanol–water partition coefficient (Wildman–Crippen LogP) is 2.83. The Kier molecular flexibility index (Phi) is 3.57. The third-order valence-corrected chi connectivity index (χ3v) is 2.45. The van der Waals surface area contributed by atoms with Crippen molar-refractivity contribution in [2.45, 2.75) is 0 Å². The minimum atomic E-state index is 0.0192. The topological polar surface area (TPSA) is 41.8 Å². The number of hydrogen-bond donors (Lipinski definition) is 1. The van der Waals surface area contributed by atoms with Crippen LogP contribution in [0, 0.1) is 0 Å². The molecular weight excluding hydrogens is 257 g/mol. The highest BCUT2D eigenvalue weighted by Gasteiger charge is 2.07. The molecule has 0 aliphatic rings. The summed E-state index contributed by atoms with van der Waals surface area (Å²) >= 11 is 8.91. The Morgan fingerprint density at radius 1 is 1.62 bits per heavy atom. The van der Waals surface area contributed by atoms with Gasteiger partial charge in [0.25, 0.3) is 0 Å². The van der Waals surface area contributed by atoms with Gasteiger partial charge in [-0.25, -0.2) is 0 Å². The fraction of sp³-hybridized carbons (Fsp3) is 0.125. The Morgan fingerprint density at radius 2 is 2.31 bits per heavy atom. The lowest BCUT2D eigenvalue weighted by molar-refractivity contribution is 0.321. The highest BCUT2D eigenvalue weighted by molar-refractivity contribution is 9.10. The van der Waals surface area contributed by atoms with E-state index in [2.05, 4.69) is 21.1 Å². The van der Waals surface area contributed by atoms with Gasteiger partial charge in [-0.3, -0.25) is 0 Å². The van der Waals surface area contributed by atoms with E-state index >= 15 is 0 Å². The average molecular weight is 265 g/mol. The lowest BCUT2D eigenvalue weighted by Gasteiger charge is -2.04. The molecule has 1 N–H and O–H groups in total. The summed E-state index contributed by atoms with van der Waals surface area (Å²) in [6.07, 6.45) is 0. The summed E-state index contributed by atoms with van der Waals surface area (Å²) in [5.74, 6) is 0.653. The molecule has 0 unspecified atom stereocenters. The number of methoxy groups -OCH3 is 1. The molecule has 0 spiro atoms. The van der Waals surface area contributed by atoms with Crippen molar-refractivity contribution in [3.05, 3.63) is 28.2 Å². The van der Waals surface area contributed by atoms with E-state index in [4.69, 9.17) is 21.5 Å². The Bertz CT molecular complexity index is 341. The van der Waals surface area contributed by atoms with Gasteiger partial charge < -0.3 is 9.94 Å². The van der Waals surface area contributed by atoms with E-state index in [0.717, 1.165) is 4.47 Å². The molecule has 5 heteroatoms. The lowest BCUT2D eigenvalue weighted by Crippen LogP contribution is -1.94. The summed E-state index contributed by atoms with van der Waals surface area (Å²) in [4.78, 5) is 0. The zero-order valence-corrected chi connectivity index (χ0v) is 9.13. The third kappa shape index (κ3) is 2.35. The second-order valence-electron chi connectivity index (χ2n) is 2.24. The van der Waals surface area contributed by atoms with Crippen molar-refractivity contribution in [3.63, 3.8) is 0 Å². The van der Waals surface area contributed by atoms with Gasteiger partial charge in [0, 0.05) is 10.0 Å². The van der Waals surface area contributed by atoms with Gasteiger partial charge in [-0.1, -0.05) is 32.7 Å². The van der Waals surface area contributed by atoms with Crippen LogP contribution in [0.5, 0.6) is 5.75 Å². The molecule has 1 aromatic rings. The van der Waals surface area contributed by atoms with Gasteiger partial charge in [0.15, 0.2) is 5.17 Å². The van der Waals surface area contributed by atoms with Crippen LogP contribution in [-0.4, -0.2) is 17.5 Å². The first-order valence-corrected chi connectivity index (χ1v) is 4.57. The van der Waals surface area contributed by atoms with Crippen LogP contribution < -0.4 is 4.74 Å². The number of halogens is 2. The van der Waals surface area contributed by atoms with Crippen LogP contribution in [-0.2, 0) is 0 Å². The first kappa shape index (κ1) is 10.3. The highest BCUT2D eigenvalue weighted by Crippen LogP contribution is 2.24. The Morgan fingerprint density at radius 3 is 2.85 bits per heavy atom. The van der Waals surface area contributed by atoms with Crippen LogP contribution >= 0.6 is 27.5 Å². The van der Waals surface area contributed by atoms with Gasteiger partial charge in [0.2, 0.25) is 0 Å². The Balaban J connectivity index is 3.19. The van der Waals surface area contributed by atoms with Gasteiger partial charge in [-0.05, 0) is 18.2 Å². The SMILES string of the molecule is COc1ccc(Br)c(C(Cl)=NO)c1. The van der Waals surface area contributed by atoms with Gasteiger partial charge in [0.05, 0.1) is 7.11 Å². The lowest BCUT2D eigenvalue weighted by atomic mass is 10.2. The first-order valence-electron chi connectivity index (χ1n) is 3.40. The maximum Gasteiger partial charge on any atom is 0.176 e. The van der Waals surface area contributed by atoms with Crippen molar-refractivity contribution in [1.29, 1.82) is 0 Å². The fourth-order valence-corrected chi connectivity index (χ4v) is 1.55. The molecule has 0 saturated heterocycles. The summed E-state index contributed by atoms with van der Waals surface area (Å²) in [6, 6.07) is 5.21. The molecule has 0 radical (unpaired) electrons. The summed E-state index contributed by atoms with van der Waals surface area (Å²) in [5.41, 5.74) is 0.587. The van der Waals surface area contributed by atoms with Crippen LogP contribution in [0.25, 0.3) is 0 Å². The molecule has 0 bridgehead atoms. The van der Waals surface area contributed by atoms with Crippen LogP contribution in [0.4, 0.5) is 0 Å². The van der Waals surface area contributed by atoms with E-state index in [1.807, 2.05) is 0 Å². The fourth-order valence-electron chi connectivity index (χ4n) is 0.843. The second kappa shape index (κ2) is 4.48. The largest absolute Gasteiger partial charge is 0.497 e. The van der Waals surface area contributed by atoms with Gasteiger partial charge >= 0.3 is 0 Å². The van der Waals surface area contributed by atoms with E-state index in [0.29, 0.717) is 11.3 Å². The number of nitrogens with zero attached hydrogens (tertiary/aromatic N) is 1. The van der Waals surface area contributed by atoms with E-state index in [9.17, 15) is 0 Å². The Hall–Kier alpha value is -0.740. The molecule has 13 heavy (non-hydrogen) atoms. The third-order valence-electron chi connectivity index (χ3n) is 1.48. The molecule has 0 saturated carbocycles. The number of rotatable bonds is 2. The van der Waals surface area contributed by atoms with Gasteiger partial charge in [-0.2, -0.15) is 0 Å². The number of ether oxygens (including phenoxy) is 1. The zero-order valence-electron chi connectivity index (χ0n) is 6.79. The molecule has 3 nitrogen and oxygen atoms in total. The van der Waals surface area contributed by atoms with Crippen LogP contribution in [0.1, 0.15) is 5.56 Å². The average Bonchev–Trinajstić information content (AvgIpc) is 2.17. The summed E-state index contributed by atoms with van der Waals surface area (Å²) in [5, 5.41) is 11.4. The minimum absolute atomic E-state index is 0.0192. The van der Waals surface area contributed by atoms with E-state index in [1.165, 1.54) is 0 Å². The molecule has 1 aromatic carbocycles. The number of benzene rings is 1. The monoisotopic (exact) mass is 263 g/mol. The molecule has 70 valence electrons. The van der Waals surface area contributed by atoms with E-state index < -0.39 is 0 Å². The first-order chi connectivity index (χ1) is 6.19. The molecule has 0 aliphatic heterocycles. The quantitative estimate of drug-likeness (QED) is 0.507. The minimum Gasteiger partial charge on any atom is -0.497 e. The molecular formula is C8H7BrClNO2. The zero-order chi connectivity index (χ0) is 9.84. The molecule has 0 aromatic heterocycles. The van der Waals surface area contributed by atoms with E-state index in [-0.39, 0.29) is 5.17 Å². The van der Waals surface area contributed by atoms with E-state index in [1.54, 1.807) is 25.3 Å². The maximum atomic E-state index is 8.47. The van der Waals surface area contributed by atoms with Crippen LogP contribution in [0.2, 0.25) is 0 Å². The van der Waals surface area contributed by atoms with Gasteiger partial charge in [-0.15, -0.1) is 0 Å². The smallest absolute Gasteiger partial charge is 0.176 e. The summed E-state index contributed by atoms with van der Waals surface area (Å²) < 4.78 is 5.73. The summed E-state index contributed by atoms with van der Waals surface area (Å²) in [6.45, 7) is 0. The maximum absolute atomic E-state index is 8.47. The van der Waals surface area contributed by atoms with Crippen molar-refractivity contribution in [2.24, 2.45) is 5.16 Å². The normalized spacial score (nSPS) is 11.5. The van der Waals surface area contributed by atoms with Crippen molar-refractivity contribution in [1.82, 2.24) is 0 Å². The molecule has 0 amide bonds. The highest BCUT2D eigenvalue weighted by atomic mass is 79.9. The molecule has 0 atom stereocenters. The molecule has 0 fully saturated rings. The van der Waals surface area contributed by atoms with Gasteiger partial charge in [0.1, 0.15) is 5.75 Å². The Labute approximate surface area is 89.1 Å². The molecule has 0 heterocycles.